The van der Waals surface area contributed by atoms with Gasteiger partial charge in [0.2, 0.25) is 0 Å². The summed E-state index contributed by atoms with van der Waals surface area (Å²) < 4.78 is 0. The first-order chi connectivity index (χ1) is 7.29. The standard InChI is InChI=1S/C11H15NO2S/c13-11(14)12(10-7-4-8-15-10)9-5-2-1-3-6-9/h4,7-9H,1-3,5-6H2,(H,13,14). The molecule has 1 aliphatic rings. The van der Waals surface area contributed by atoms with E-state index in [9.17, 15) is 9.90 Å². The monoisotopic (exact) mass is 225 g/mol. The third kappa shape index (κ3) is 2.31. The van der Waals surface area contributed by atoms with Crippen LogP contribution in [0.5, 0.6) is 0 Å². The Kier molecular flexibility index (Phi) is 3.26. The summed E-state index contributed by atoms with van der Waals surface area (Å²) in [5.74, 6) is 0. The molecule has 82 valence electrons. The summed E-state index contributed by atoms with van der Waals surface area (Å²) in [5, 5.41) is 12.0. The molecule has 1 heterocycles. The fourth-order valence-electron chi connectivity index (χ4n) is 2.18. The van der Waals surface area contributed by atoms with Crippen LogP contribution in [0.15, 0.2) is 17.5 Å². The molecule has 1 N–H and O–H groups in total. The van der Waals surface area contributed by atoms with Crippen LogP contribution < -0.4 is 4.90 Å². The number of anilines is 1. The molecule has 1 aromatic heterocycles. The number of hydrogen-bond acceptors (Lipinski definition) is 2. The van der Waals surface area contributed by atoms with Gasteiger partial charge in [-0.15, -0.1) is 11.3 Å². The van der Waals surface area contributed by atoms with Crippen LogP contribution in [-0.4, -0.2) is 17.2 Å². The third-order valence-corrected chi connectivity index (χ3v) is 3.76. The number of carboxylic acid groups (broad SMARTS) is 1. The average molecular weight is 225 g/mol. The van der Waals surface area contributed by atoms with E-state index in [1.807, 2.05) is 17.5 Å². The number of thiophene rings is 1. The second kappa shape index (κ2) is 4.66. The molecular weight excluding hydrogens is 210 g/mol. The largest absolute Gasteiger partial charge is 0.465 e. The molecule has 1 saturated carbocycles. The van der Waals surface area contributed by atoms with Crippen LogP contribution in [0.1, 0.15) is 32.1 Å². The molecule has 0 radical (unpaired) electrons. The van der Waals surface area contributed by atoms with E-state index >= 15 is 0 Å². The van der Waals surface area contributed by atoms with Crippen molar-refractivity contribution in [2.24, 2.45) is 0 Å². The third-order valence-electron chi connectivity index (χ3n) is 2.89. The second-order valence-electron chi connectivity index (χ2n) is 3.90. The summed E-state index contributed by atoms with van der Waals surface area (Å²) >= 11 is 1.50. The molecule has 1 aliphatic carbocycles. The first-order valence-electron chi connectivity index (χ1n) is 5.34. The molecule has 0 spiro atoms. The Morgan fingerprint density at radius 2 is 2.13 bits per heavy atom. The van der Waals surface area contributed by atoms with Gasteiger partial charge in [-0.2, -0.15) is 0 Å². The van der Waals surface area contributed by atoms with E-state index in [2.05, 4.69) is 0 Å². The van der Waals surface area contributed by atoms with Gasteiger partial charge in [0.05, 0.1) is 0 Å². The van der Waals surface area contributed by atoms with Crippen LogP contribution in [0.2, 0.25) is 0 Å². The van der Waals surface area contributed by atoms with Crippen molar-refractivity contribution in [3.05, 3.63) is 17.5 Å². The summed E-state index contributed by atoms with van der Waals surface area (Å²) in [6.07, 6.45) is 4.74. The van der Waals surface area contributed by atoms with Crippen LogP contribution >= 0.6 is 11.3 Å². The van der Waals surface area contributed by atoms with Crippen molar-refractivity contribution >= 4 is 22.4 Å². The lowest BCUT2D eigenvalue weighted by Crippen LogP contribution is -2.40. The average Bonchev–Trinajstić information content (AvgIpc) is 2.72. The lowest BCUT2D eigenvalue weighted by Gasteiger charge is -2.31. The minimum atomic E-state index is -0.815. The van der Waals surface area contributed by atoms with E-state index < -0.39 is 6.09 Å². The maximum Gasteiger partial charge on any atom is 0.412 e. The number of carbonyl (C=O) groups is 1. The summed E-state index contributed by atoms with van der Waals surface area (Å²) in [6.45, 7) is 0. The van der Waals surface area contributed by atoms with Gasteiger partial charge in [-0.1, -0.05) is 19.3 Å². The normalized spacial score (nSPS) is 17.6. The van der Waals surface area contributed by atoms with Crippen LogP contribution in [0, 0.1) is 0 Å². The Balaban J connectivity index is 2.15. The molecule has 1 aromatic rings. The van der Waals surface area contributed by atoms with Crippen molar-refractivity contribution in [1.29, 1.82) is 0 Å². The van der Waals surface area contributed by atoms with Gasteiger partial charge in [-0.05, 0) is 30.4 Å². The predicted octanol–water partition coefficient (Wildman–Crippen LogP) is 3.57. The fraction of sp³-hybridized carbons (Fsp3) is 0.545. The van der Waals surface area contributed by atoms with Crippen LogP contribution in [0.3, 0.4) is 0 Å². The van der Waals surface area contributed by atoms with Gasteiger partial charge in [0, 0.05) is 6.04 Å². The highest BCUT2D eigenvalue weighted by Crippen LogP contribution is 2.30. The Hall–Kier alpha value is -1.03. The summed E-state index contributed by atoms with van der Waals surface area (Å²) in [4.78, 5) is 12.8. The Morgan fingerprint density at radius 3 is 2.67 bits per heavy atom. The number of nitrogens with zero attached hydrogens (tertiary/aromatic N) is 1. The lowest BCUT2D eigenvalue weighted by molar-refractivity contribution is 0.196. The van der Waals surface area contributed by atoms with E-state index in [0.29, 0.717) is 0 Å². The van der Waals surface area contributed by atoms with Crippen molar-refractivity contribution in [2.45, 2.75) is 38.1 Å². The fourth-order valence-corrected chi connectivity index (χ4v) is 2.97. The molecule has 0 bridgehead atoms. The summed E-state index contributed by atoms with van der Waals surface area (Å²) in [7, 11) is 0. The quantitative estimate of drug-likeness (QED) is 0.836. The predicted molar refractivity (Wildman–Crippen MR) is 61.7 cm³/mol. The number of hydrogen-bond donors (Lipinski definition) is 1. The van der Waals surface area contributed by atoms with Crippen LogP contribution in [-0.2, 0) is 0 Å². The number of rotatable bonds is 2. The first kappa shape index (κ1) is 10.5. The summed E-state index contributed by atoms with van der Waals surface area (Å²) in [6, 6.07) is 3.97. The number of amides is 1. The van der Waals surface area contributed by atoms with Gasteiger partial charge in [0.1, 0.15) is 5.00 Å². The Morgan fingerprint density at radius 1 is 1.40 bits per heavy atom. The second-order valence-corrected chi connectivity index (χ2v) is 4.82. The molecule has 2 rings (SSSR count). The van der Waals surface area contributed by atoms with Gasteiger partial charge < -0.3 is 5.11 Å². The van der Waals surface area contributed by atoms with E-state index in [-0.39, 0.29) is 6.04 Å². The van der Waals surface area contributed by atoms with Crippen LogP contribution in [0.25, 0.3) is 0 Å². The van der Waals surface area contributed by atoms with Gasteiger partial charge in [0.25, 0.3) is 0 Å². The molecule has 4 heteroatoms. The zero-order valence-corrected chi connectivity index (χ0v) is 9.37. The van der Waals surface area contributed by atoms with E-state index in [4.69, 9.17) is 0 Å². The topological polar surface area (TPSA) is 40.5 Å². The smallest absolute Gasteiger partial charge is 0.412 e. The zero-order valence-electron chi connectivity index (χ0n) is 8.56. The van der Waals surface area contributed by atoms with Crippen molar-refractivity contribution in [2.75, 3.05) is 4.90 Å². The lowest BCUT2D eigenvalue weighted by atomic mass is 9.94. The molecule has 0 aromatic carbocycles. The van der Waals surface area contributed by atoms with Crippen molar-refractivity contribution in [3.8, 4) is 0 Å². The highest BCUT2D eigenvalue weighted by molar-refractivity contribution is 7.14. The van der Waals surface area contributed by atoms with Crippen molar-refractivity contribution < 1.29 is 9.90 Å². The van der Waals surface area contributed by atoms with Crippen LogP contribution in [0.4, 0.5) is 9.80 Å². The van der Waals surface area contributed by atoms with E-state index in [0.717, 1.165) is 30.7 Å². The molecule has 0 unspecified atom stereocenters. The Labute approximate surface area is 93.3 Å². The molecule has 15 heavy (non-hydrogen) atoms. The SMILES string of the molecule is O=C(O)N(c1cccs1)C1CCCCC1. The van der Waals surface area contributed by atoms with E-state index in [1.54, 1.807) is 4.90 Å². The first-order valence-corrected chi connectivity index (χ1v) is 6.22. The molecular formula is C11H15NO2S. The molecule has 0 saturated heterocycles. The highest BCUT2D eigenvalue weighted by atomic mass is 32.1. The minimum absolute atomic E-state index is 0.190. The molecule has 3 nitrogen and oxygen atoms in total. The molecule has 1 fully saturated rings. The highest BCUT2D eigenvalue weighted by Gasteiger charge is 2.26. The molecule has 0 atom stereocenters. The van der Waals surface area contributed by atoms with Gasteiger partial charge in [-0.25, -0.2) is 4.79 Å². The summed E-state index contributed by atoms with van der Waals surface area (Å²) in [5.41, 5.74) is 0. The maximum absolute atomic E-state index is 11.2. The maximum atomic E-state index is 11.2. The van der Waals surface area contributed by atoms with Gasteiger partial charge in [-0.3, -0.25) is 4.90 Å². The van der Waals surface area contributed by atoms with Gasteiger partial charge >= 0.3 is 6.09 Å². The van der Waals surface area contributed by atoms with Gasteiger partial charge in [0.15, 0.2) is 0 Å². The minimum Gasteiger partial charge on any atom is -0.465 e. The van der Waals surface area contributed by atoms with E-state index in [1.165, 1.54) is 17.8 Å². The Bertz CT molecular complexity index is 317. The zero-order chi connectivity index (χ0) is 10.7. The molecule has 0 aliphatic heterocycles. The molecule has 1 amide bonds. The van der Waals surface area contributed by atoms with Crippen molar-refractivity contribution in [1.82, 2.24) is 0 Å². The van der Waals surface area contributed by atoms with Crippen molar-refractivity contribution in [3.63, 3.8) is 0 Å².